The minimum Gasteiger partial charge on any atom is -0.494 e. The predicted molar refractivity (Wildman–Crippen MR) is 97.8 cm³/mol. The van der Waals surface area contributed by atoms with Crippen LogP contribution in [0.2, 0.25) is 0 Å². The predicted octanol–water partition coefficient (Wildman–Crippen LogP) is 3.35. The van der Waals surface area contributed by atoms with Crippen LogP contribution in [0.3, 0.4) is 0 Å². The fraction of sp³-hybridized carbons (Fsp3) is 0.263. The number of carbonyl (C=O) groups excluding carboxylic acids is 2. The van der Waals surface area contributed by atoms with Crippen LogP contribution in [-0.4, -0.2) is 25.8 Å². The second-order valence-corrected chi connectivity index (χ2v) is 5.50. The number of anilines is 2. The van der Waals surface area contributed by atoms with Gasteiger partial charge in [0.25, 0.3) is 0 Å². The van der Waals surface area contributed by atoms with Crippen LogP contribution in [0.25, 0.3) is 0 Å². The lowest BCUT2D eigenvalue weighted by atomic mass is 10.2. The molecule has 1 amide bonds. The third kappa shape index (κ3) is 6.72. The number of amides is 1. The highest BCUT2D eigenvalue weighted by atomic mass is 16.5. The number of nitrogens with one attached hydrogen (secondary N) is 1. The van der Waals surface area contributed by atoms with Gasteiger partial charge in [-0.2, -0.15) is 0 Å². The van der Waals surface area contributed by atoms with Crippen LogP contribution in [0.4, 0.5) is 16.2 Å². The van der Waals surface area contributed by atoms with Gasteiger partial charge in [-0.3, -0.25) is 10.1 Å². The number of nitrogen functional groups attached to an aromatic ring is 1. The third-order valence-electron chi connectivity index (χ3n) is 3.45. The van der Waals surface area contributed by atoms with Crippen molar-refractivity contribution >= 4 is 23.4 Å². The number of esters is 1. The van der Waals surface area contributed by atoms with E-state index in [0.717, 1.165) is 5.56 Å². The number of carbonyl (C=O) groups is 2. The highest BCUT2D eigenvalue weighted by Gasteiger charge is 2.05. The Balaban J connectivity index is 1.76. The first-order valence-corrected chi connectivity index (χ1v) is 8.14. The second kappa shape index (κ2) is 9.93. The molecule has 0 aliphatic heterocycles. The molecular formula is C19H22N2O5. The van der Waals surface area contributed by atoms with E-state index in [2.05, 4.69) is 10.1 Å². The second-order valence-electron chi connectivity index (χ2n) is 5.50. The smallest absolute Gasteiger partial charge is 0.411 e. The number of benzene rings is 2. The molecule has 0 heterocycles. The van der Waals surface area contributed by atoms with E-state index in [-0.39, 0.29) is 12.6 Å². The summed E-state index contributed by atoms with van der Waals surface area (Å²) < 4.78 is 15.3. The van der Waals surface area contributed by atoms with Crippen LogP contribution < -0.4 is 15.8 Å². The molecule has 2 aromatic carbocycles. The van der Waals surface area contributed by atoms with Gasteiger partial charge >= 0.3 is 12.1 Å². The van der Waals surface area contributed by atoms with Gasteiger partial charge in [0.05, 0.1) is 13.7 Å². The first kappa shape index (κ1) is 19.1. The number of hydrogen-bond acceptors (Lipinski definition) is 6. The summed E-state index contributed by atoms with van der Waals surface area (Å²) in [6.45, 7) is 0.511. The fourth-order valence-corrected chi connectivity index (χ4v) is 2.10. The van der Waals surface area contributed by atoms with Gasteiger partial charge in [0.2, 0.25) is 0 Å². The van der Waals surface area contributed by atoms with E-state index in [4.69, 9.17) is 15.2 Å². The van der Waals surface area contributed by atoms with E-state index >= 15 is 0 Å². The van der Waals surface area contributed by atoms with E-state index in [1.165, 1.54) is 7.11 Å². The molecule has 0 atom stereocenters. The summed E-state index contributed by atoms with van der Waals surface area (Å²) in [5, 5.41) is 2.62. The maximum absolute atomic E-state index is 11.8. The Hall–Kier alpha value is -3.22. The number of methoxy groups -OCH3 is 1. The van der Waals surface area contributed by atoms with Crippen molar-refractivity contribution in [1.82, 2.24) is 0 Å². The number of nitrogens with two attached hydrogens (primary N) is 1. The molecule has 0 saturated carbocycles. The Morgan fingerprint density at radius 2 is 1.88 bits per heavy atom. The quantitative estimate of drug-likeness (QED) is 0.426. The van der Waals surface area contributed by atoms with Gasteiger partial charge in [-0.25, -0.2) is 4.79 Å². The minimum absolute atomic E-state index is 0.111. The lowest BCUT2D eigenvalue weighted by Gasteiger charge is -2.09. The molecule has 2 rings (SSSR count). The molecule has 7 nitrogen and oxygen atoms in total. The Kier molecular flexibility index (Phi) is 7.30. The summed E-state index contributed by atoms with van der Waals surface area (Å²) in [5.41, 5.74) is 7.61. The highest BCUT2D eigenvalue weighted by Crippen LogP contribution is 2.15. The fourth-order valence-electron chi connectivity index (χ4n) is 2.10. The lowest BCUT2D eigenvalue weighted by Crippen LogP contribution is -2.13. The Morgan fingerprint density at radius 3 is 2.62 bits per heavy atom. The zero-order valence-corrected chi connectivity index (χ0v) is 14.6. The van der Waals surface area contributed by atoms with Crippen LogP contribution in [0.1, 0.15) is 18.4 Å². The molecule has 26 heavy (non-hydrogen) atoms. The molecule has 0 spiro atoms. The first-order valence-electron chi connectivity index (χ1n) is 8.14. The molecule has 0 unspecified atom stereocenters. The van der Waals surface area contributed by atoms with Crippen molar-refractivity contribution in [3.63, 3.8) is 0 Å². The molecule has 0 bridgehead atoms. The molecule has 0 aliphatic rings. The van der Waals surface area contributed by atoms with Crippen molar-refractivity contribution in [2.75, 3.05) is 24.8 Å². The normalized spacial score (nSPS) is 10.0. The van der Waals surface area contributed by atoms with Crippen LogP contribution in [0.5, 0.6) is 5.75 Å². The molecule has 0 saturated heterocycles. The summed E-state index contributed by atoms with van der Waals surface area (Å²) in [6.07, 6.45) is 0.321. The average Bonchev–Trinajstić information content (AvgIpc) is 2.65. The summed E-state index contributed by atoms with van der Waals surface area (Å²) in [4.78, 5) is 22.9. The van der Waals surface area contributed by atoms with E-state index in [9.17, 15) is 9.59 Å². The summed E-state index contributed by atoms with van der Waals surface area (Å²) >= 11 is 0. The highest BCUT2D eigenvalue weighted by molar-refractivity contribution is 5.84. The molecular weight excluding hydrogens is 336 g/mol. The zero-order chi connectivity index (χ0) is 18.8. The van der Waals surface area contributed by atoms with Gasteiger partial charge in [0.15, 0.2) is 0 Å². The largest absolute Gasteiger partial charge is 0.494 e. The van der Waals surface area contributed by atoms with E-state index in [1.54, 1.807) is 36.4 Å². The summed E-state index contributed by atoms with van der Waals surface area (Å²) in [7, 11) is 1.36. The van der Waals surface area contributed by atoms with Gasteiger partial charge in [-0.05, 0) is 48.4 Å². The molecule has 0 fully saturated rings. The molecule has 0 aromatic heterocycles. The zero-order valence-electron chi connectivity index (χ0n) is 14.6. The SMILES string of the molecule is COC(=O)CCCOc1cccc(COC(=O)Nc2ccc(N)cc2)c1. The van der Waals surface area contributed by atoms with E-state index in [1.807, 2.05) is 12.1 Å². The number of ether oxygens (including phenoxy) is 3. The van der Waals surface area contributed by atoms with Crippen LogP contribution in [-0.2, 0) is 20.9 Å². The van der Waals surface area contributed by atoms with Gasteiger partial charge in [-0.1, -0.05) is 12.1 Å². The minimum atomic E-state index is -0.556. The van der Waals surface area contributed by atoms with Crippen molar-refractivity contribution in [1.29, 1.82) is 0 Å². The maximum Gasteiger partial charge on any atom is 0.411 e. The summed E-state index contributed by atoms with van der Waals surface area (Å²) in [5.74, 6) is 0.387. The first-order chi connectivity index (χ1) is 12.6. The summed E-state index contributed by atoms with van der Waals surface area (Å²) in [6, 6.07) is 14.0. The molecule has 7 heteroatoms. The molecule has 3 N–H and O–H groups in total. The van der Waals surface area contributed by atoms with Crippen molar-refractivity contribution < 1.29 is 23.8 Å². The molecule has 0 aliphatic carbocycles. The van der Waals surface area contributed by atoms with E-state index in [0.29, 0.717) is 36.6 Å². The third-order valence-corrected chi connectivity index (χ3v) is 3.45. The standard InChI is InChI=1S/C19H22N2O5/c1-24-18(22)6-3-11-25-17-5-2-4-14(12-17)13-26-19(23)21-16-9-7-15(20)8-10-16/h2,4-5,7-10,12H,3,6,11,13,20H2,1H3,(H,21,23). The van der Waals surface area contributed by atoms with Gasteiger partial charge in [-0.15, -0.1) is 0 Å². The van der Waals surface area contributed by atoms with Gasteiger partial charge < -0.3 is 19.9 Å². The van der Waals surface area contributed by atoms with Crippen molar-refractivity contribution in [3.05, 3.63) is 54.1 Å². The topological polar surface area (TPSA) is 99.9 Å². The monoisotopic (exact) mass is 358 g/mol. The molecule has 138 valence electrons. The molecule has 0 radical (unpaired) electrons. The number of rotatable bonds is 8. The van der Waals surface area contributed by atoms with E-state index < -0.39 is 6.09 Å². The van der Waals surface area contributed by atoms with Crippen LogP contribution in [0, 0.1) is 0 Å². The maximum atomic E-state index is 11.8. The molecule has 2 aromatic rings. The van der Waals surface area contributed by atoms with Crippen molar-refractivity contribution in [2.45, 2.75) is 19.4 Å². The van der Waals surface area contributed by atoms with Crippen molar-refractivity contribution in [2.24, 2.45) is 0 Å². The van der Waals surface area contributed by atoms with Crippen LogP contribution >= 0.6 is 0 Å². The van der Waals surface area contributed by atoms with Gasteiger partial charge in [0, 0.05) is 17.8 Å². The average molecular weight is 358 g/mol. The Morgan fingerprint density at radius 1 is 1.12 bits per heavy atom. The number of hydrogen-bond donors (Lipinski definition) is 2. The van der Waals surface area contributed by atoms with Crippen molar-refractivity contribution in [3.8, 4) is 5.75 Å². The Labute approximate surface area is 152 Å². The van der Waals surface area contributed by atoms with Crippen LogP contribution in [0.15, 0.2) is 48.5 Å². The lowest BCUT2D eigenvalue weighted by molar-refractivity contribution is -0.140. The Bertz CT molecular complexity index is 731. The van der Waals surface area contributed by atoms with Gasteiger partial charge in [0.1, 0.15) is 12.4 Å².